The summed E-state index contributed by atoms with van der Waals surface area (Å²) in [5.74, 6) is -0.192. The Bertz CT molecular complexity index is 735. The van der Waals surface area contributed by atoms with Crippen LogP contribution >= 0.6 is 0 Å². The minimum absolute atomic E-state index is 0. The first-order chi connectivity index (χ1) is 12.4. The van der Waals surface area contributed by atoms with Gasteiger partial charge < -0.3 is 13.7 Å². The predicted molar refractivity (Wildman–Crippen MR) is 99.9 cm³/mol. The number of aryl methyl sites for hydroxylation is 1. The average molecular weight is 496 g/mol. The monoisotopic (exact) mass is 496 g/mol. The van der Waals surface area contributed by atoms with Crippen molar-refractivity contribution in [3.05, 3.63) is 60.3 Å². The molecule has 0 saturated carbocycles. The average Bonchev–Trinajstić information content (AvgIpc) is 2.61. The van der Waals surface area contributed by atoms with E-state index < -0.39 is 6.93 Å². The standard InChI is InChI=1S/C20H23FNO.CHF2.Cs/c1-5-14-9-7-8-10-18(14)15-11-16(12-17(23)6-2)20(22(3)4)19(21)13-15;2-1-3;/h7-9,11,13H,5-6,12H2,1-4H3;1H;/q2*-1;+1. The van der Waals surface area contributed by atoms with Gasteiger partial charge in [0.15, 0.2) is 0 Å². The van der Waals surface area contributed by atoms with E-state index in [0.29, 0.717) is 12.1 Å². The first kappa shape index (κ1) is 26.8. The van der Waals surface area contributed by atoms with Crippen LogP contribution in [0.5, 0.6) is 0 Å². The Morgan fingerprint density at radius 1 is 1.19 bits per heavy atom. The first-order valence-corrected chi connectivity index (χ1v) is 8.42. The molecule has 0 heterocycles. The zero-order valence-corrected chi connectivity index (χ0v) is 22.9. The molecular formula is C21H24CsF3NO-. The van der Waals surface area contributed by atoms with Gasteiger partial charge in [0.05, 0.1) is 5.69 Å². The van der Waals surface area contributed by atoms with E-state index in [9.17, 15) is 18.0 Å². The molecule has 0 atom stereocenters. The quantitative estimate of drug-likeness (QED) is 0.574. The van der Waals surface area contributed by atoms with Gasteiger partial charge in [-0.25, -0.2) is 4.39 Å². The summed E-state index contributed by atoms with van der Waals surface area (Å²) in [7, 11) is 3.59. The number of nitrogens with zero attached hydrogens (tertiary/aromatic N) is 1. The van der Waals surface area contributed by atoms with Crippen molar-refractivity contribution in [3.63, 3.8) is 0 Å². The van der Waals surface area contributed by atoms with Gasteiger partial charge in [-0.1, -0.05) is 38.0 Å². The molecule has 0 saturated heterocycles. The summed E-state index contributed by atoms with van der Waals surface area (Å²) in [6.07, 6.45) is 1.56. The van der Waals surface area contributed by atoms with Crippen molar-refractivity contribution in [2.24, 2.45) is 0 Å². The molecule has 0 fully saturated rings. The van der Waals surface area contributed by atoms with Crippen molar-refractivity contribution in [1.82, 2.24) is 0 Å². The molecule has 0 radical (unpaired) electrons. The van der Waals surface area contributed by atoms with Gasteiger partial charge in [-0.3, -0.25) is 4.79 Å². The summed E-state index contributed by atoms with van der Waals surface area (Å²) < 4.78 is 33.7. The Balaban J connectivity index is 0.00000158. The molecule has 0 aliphatic carbocycles. The molecular weight excluding hydrogens is 472 g/mol. The predicted octanol–water partition coefficient (Wildman–Crippen LogP) is 2.49. The number of ketones is 1. The van der Waals surface area contributed by atoms with Crippen LogP contribution in [0.4, 0.5) is 18.9 Å². The summed E-state index contributed by atoms with van der Waals surface area (Å²) in [4.78, 5) is 13.6. The van der Waals surface area contributed by atoms with E-state index in [1.165, 1.54) is 0 Å². The van der Waals surface area contributed by atoms with Gasteiger partial charge in [-0.15, -0.1) is 35.4 Å². The molecule has 2 aromatic carbocycles. The van der Waals surface area contributed by atoms with Gasteiger partial charge in [0.25, 0.3) is 0 Å². The van der Waals surface area contributed by atoms with E-state index in [1.54, 1.807) is 25.1 Å². The number of anilines is 1. The van der Waals surface area contributed by atoms with Crippen LogP contribution in [0.3, 0.4) is 0 Å². The normalized spacial score (nSPS) is 9.74. The van der Waals surface area contributed by atoms with Crippen molar-refractivity contribution in [3.8, 4) is 11.1 Å². The molecule has 0 aliphatic rings. The Morgan fingerprint density at radius 2 is 1.81 bits per heavy atom. The minimum Gasteiger partial charge on any atom is -0.425 e. The SMILES string of the molecule is CCC(=O)Cc1cc(-c2[c-]cccc2CC)cc(F)c1N(C)C.F[CH-]F.[Cs+]. The van der Waals surface area contributed by atoms with Crippen LogP contribution in [0, 0.1) is 18.8 Å². The van der Waals surface area contributed by atoms with Crippen LogP contribution in [-0.4, -0.2) is 19.9 Å². The van der Waals surface area contributed by atoms with E-state index in [4.69, 9.17) is 0 Å². The van der Waals surface area contributed by atoms with Crippen molar-refractivity contribution in [1.29, 1.82) is 0 Å². The number of Topliss-reactive ketones (excluding diaryl/α,β-unsaturated/α-hetero) is 1. The molecule has 0 N–H and O–H groups in total. The van der Waals surface area contributed by atoms with E-state index in [2.05, 4.69) is 13.0 Å². The topological polar surface area (TPSA) is 20.3 Å². The first-order valence-electron chi connectivity index (χ1n) is 8.42. The molecule has 0 aliphatic heterocycles. The number of halogens is 3. The molecule has 0 amide bonds. The maximum absolute atomic E-state index is 14.7. The van der Waals surface area contributed by atoms with E-state index in [0.717, 1.165) is 28.7 Å². The Hall–Kier alpha value is -0.248. The number of benzene rings is 2. The number of carbonyl (C=O) groups is 1. The zero-order valence-electron chi connectivity index (χ0n) is 16.6. The molecule has 142 valence electrons. The summed E-state index contributed by atoms with van der Waals surface area (Å²) in [5.41, 5.74) is 4.03. The fourth-order valence-corrected chi connectivity index (χ4v) is 2.81. The number of rotatable bonds is 6. The fraction of sp³-hybridized carbons (Fsp3) is 0.333. The summed E-state index contributed by atoms with van der Waals surface area (Å²) in [6.45, 7) is 2.90. The van der Waals surface area contributed by atoms with Crippen molar-refractivity contribution >= 4 is 11.5 Å². The molecule has 0 spiro atoms. The van der Waals surface area contributed by atoms with Gasteiger partial charge in [-0.05, 0) is 12.5 Å². The second-order valence-corrected chi connectivity index (χ2v) is 5.94. The van der Waals surface area contributed by atoms with Crippen molar-refractivity contribution in [2.75, 3.05) is 19.0 Å². The van der Waals surface area contributed by atoms with Crippen LogP contribution in [0.2, 0.25) is 0 Å². The van der Waals surface area contributed by atoms with Gasteiger partial charge in [0.1, 0.15) is 11.6 Å². The third-order valence-corrected chi connectivity index (χ3v) is 3.98. The van der Waals surface area contributed by atoms with E-state index in [1.807, 2.05) is 31.2 Å². The van der Waals surface area contributed by atoms with Gasteiger partial charge >= 0.3 is 68.9 Å². The van der Waals surface area contributed by atoms with E-state index >= 15 is 0 Å². The van der Waals surface area contributed by atoms with Crippen LogP contribution in [0.1, 0.15) is 31.4 Å². The smallest absolute Gasteiger partial charge is 0.425 e. The molecule has 2 nitrogen and oxygen atoms in total. The third kappa shape index (κ3) is 7.95. The maximum Gasteiger partial charge on any atom is 1.00 e. The molecule has 6 heteroatoms. The van der Waals surface area contributed by atoms with E-state index in [-0.39, 0.29) is 86.9 Å². The second-order valence-electron chi connectivity index (χ2n) is 5.94. The fourth-order valence-electron chi connectivity index (χ4n) is 2.81. The molecule has 0 aromatic heterocycles. The van der Waals surface area contributed by atoms with Gasteiger partial charge in [0.2, 0.25) is 0 Å². The Labute approximate surface area is 219 Å². The van der Waals surface area contributed by atoms with Gasteiger partial charge in [0, 0.05) is 26.9 Å². The van der Waals surface area contributed by atoms with Crippen molar-refractivity contribution in [2.45, 2.75) is 33.1 Å². The summed E-state index contributed by atoms with van der Waals surface area (Å²) >= 11 is 0. The second kappa shape index (κ2) is 13.8. The van der Waals surface area contributed by atoms with Crippen LogP contribution in [0.25, 0.3) is 11.1 Å². The summed E-state index contributed by atoms with van der Waals surface area (Å²) in [6, 6.07) is 12.5. The largest absolute Gasteiger partial charge is 1.00 e. The summed E-state index contributed by atoms with van der Waals surface area (Å²) in [5, 5.41) is 0. The molecule has 2 rings (SSSR count). The zero-order chi connectivity index (χ0) is 19.7. The molecule has 0 unspecified atom stereocenters. The molecule has 2 aromatic rings. The minimum atomic E-state index is -1.00. The van der Waals surface area contributed by atoms with Crippen molar-refractivity contribution < 1.29 is 86.9 Å². The van der Waals surface area contributed by atoms with Gasteiger partial charge in [-0.2, -0.15) is 0 Å². The third-order valence-electron chi connectivity index (χ3n) is 3.98. The number of carbonyl (C=O) groups excluding carboxylic acids is 1. The van der Waals surface area contributed by atoms with Crippen LogP contribution < -0.4 is 73.8 Å². The maximum atomic E-state index is 14.7. The molecule has 0 bridgehead atoms. The van der Waals surface area contributed by atoms with Crippen LogP contribution in [0.15, 0.2) is 30.3 Å². The Kier molecular flexibility index (Phi) is 13.7. The number of hydrogen-bond acceptors (Lipinski definition) is 2. The molecule has 27 heavy (non-hydrogen) atoms. The Morgan fingerprint density at radius 3 is 2.33 bits per heavy atom. The number of hydrogen-bond donors (Lipinski definition) is 0. The van der Waals surface area contributed by atoms with Crippen LogP contribution in [-0.2, 0) is 17.6 Å².